The third-order valence-electron chi connectivity index (χ3n) is 4.16. The first-order valence-electron chi connectivity index (χ1n) is 6.77. The molecule has 0 aromatic carbocycles. The Kier molecular flexibility index (Phi) is 4.60. The Morgan fingerprint density at radius 2 is 1.94 bits per heavy atom. The van der Waals surface area contributed by atoms with E-state index in [0.717, 1.165) is 6.54 Å². The van der Waals surface area contributed by atoms with E-state index in [1.807, 2.05) is 14.1 Å². The molecule has 3 heteroatoms. The first-order chi connectivity index (χ1) is 8.17. The summed E-state index contributed by atoms with van der Waals surface area (Å²) in [6, 6.07) is 0.373. The van der Waals surface area contributed by atoms with Crippen molar-refractivity contribution in [2.45, 2.75) is 40.7 Å². The van der Waals surface area contributed by atoms with Crippen molar-refractivity contribution in [1.29, 1.82) is 0 Å². The minimum atomic E-state index is 0.114. The summed E-state index contributed by atoms with van der Waals surface area (Å²) in [5.74, 6) is 0.745. The molecule has 1 aliphatic carbocycles. The SMILES string of the molecule is CC(C)=C[C@@H]1[C@@H](C(=O)NC[C@@H](C)N(C)C)C1(C)C. The highest BCUT2D eigenvalue weighted by Gasteiger charge is 2.60. The molecular formula is C15H28N2O. The van der Waals surface area contributed by atoms with Crippen molar-refractivity contribution in [3.05, 3.63) is 11.6 Å². The van der Waals surface area contributed by atoms with Gasteiger partial charge in [-0.05, 0) is 46.2 Å². The summed E-state index contributed by atoms with van der Waals surface area (Å²) in [7, 11) is 4.06. The molecule has 1 saturated carbocycles. The molecule has 0 aromatic rings. The quantitative estimate of drug-likeness (QED) is 0.761. The topological polar surface area (TPSA) is 32.3 Å². The van der Waals surface area contributed by atoms with E-state index in [-0.39, 0.29) is 17.2 Å². The number of carbonyl (C=O) groups is 1. The number of hydrogen-bond acceptors (Lipinski definition) is 2. The monoisotopic (exact) mass is 252 g/mol. The molecule has 0 radical (unpaired) electrons. The molecule has 1 amide bonds. The van der Waals surface area contributed by atoms with Crippen LogP contribution >= 0.6 is 0 Å². The minimum absolute atomic E-state index is 0.114. The molecular weight excluding hydrogens is 224 g/mol. The number of nitrogens with zero attached hydrogens (tertiary/aromatic N) is 1. The second-order valence-electron chi connectivity index (χ2n) is 6.63. The van der Waals surface area contributed by atoms with Crippen LogP contribution < -0.4 is 5.32 Å². The second-order valence-corrected chi connectivity index (χ2v) is 6.63. The number of allylic oxidation sites excluding steroid dienone is 2. The molecule has 3 nitrogen and oxygen atoms in total. The largest absolute Gasteiger partial charge is 0.354 e. The third kappa shape index (κ3) is 3.35. The lowest BCUT2D eigenvalue weighted by atomic mass is 10.1. The van der Waals surface area contributed by atoms with E-state index in [2.05, 4.69) is 50.9 Å². The van der Waals surface area contributed by atoms with Crippen LogP contribution in [0.2, 0.25) is 0 Å². The zero-order chi connectivity index (χ0) is 14.1. The number of rotatable bonds is 5. The molecule has 1 aliphatic rings. The van der Waals surface area contributed by atoms with Crippen LogP contribution in [-0.4, -0.2) is 37.5 Å². The van der Waals surface area contributed by atoms with E-state index >= 15 is 0 Å². The van der Waals surface area contributed by atoms with Gasteiger partial charge in [-0.1, -0.05) is 25.5 Å². The molecule has 0 unspecified atom stereocenters. The standard InChI is InChI=1S/C15H28N2O/c1-10(2)8-12-13(15(12,4)5)14(18)16-9-11(3)17(6)7/h8,11-13H,9H2,1-7H3,(H,16,18)/t11-,12-,13+/m1/s1. The summed E-state index contributed by atoms with van der Waals surface area (Å²) in [6.45, 7) is 11.4. The summed E-state index contributed by atoms with van der Waals surface area (Å²) in [5, 5.41) is 3.07. The summed E-state index contributed by atoms with van der Waals surface area (Å²) < 4.78 is 0. The van der Waals surface area contributed by atoms with Crippen LogP contribution in [0, 0.1) is 17.3 Å². The first kappa shape index (κ1) is 15.2. The minimum Gasteiger partial charge on any atom is -0.354 e. The van der Waals surface area contributed by atoms with E-state index in [9.17, 15) is 4.79 Å². The molecule has 104 valence electrons. The van der Waals surface area contributed by atoms with Crippen LogP contribution in [0.5, 0.6) is 0 Å². The van der Waals surface area contributed by atoms with Gasteiger partial charge in [0.2, 0.25) is 5.91 Å². The fourth-order valence-corrected chi connectivity index (χ4v) is 2.39. The average molecular weight is 252 g/mol. The maximum atomic E-state index is 12.2. The molecule has 1 rings (SSSR count). The highest BCUT2D eigenvalue weighted by Crippen LogP contribution is 2.59. The molecule has 0 spiro atoms. The zero-order valence-corrected chi connectivity index (χ0v) is 12.9. The lowest BCUT2D eigenvalue weighted by Gasteiger charge is -2.20. The van der Waals surface area contributed by atoms with Crippen molar-refractivity contribution < 1.29 is 4.79 Å². The van der Waals surface area contributed by atoms with Gasteiger partial charge >= 0.3 is 0 Å². The Hall–Kier alpha value is -0.830. The third-order valence-corrected chi connectivity index (χ3v) is 4.16. The molecule has 3 atom stereocenters. The van der Waals surface area contributed by atoms with Crippen molar-refractivity contribution in [3.8, 4) is 0 Å². The van der Waals surface area contributed by atoms with Gasteiger partial charge in [-0.15, -0.1) is 0 Å². The predicted octanol–water partition coefficient (Wildman–Crippen LogP) is 2.29. The van der Waals surface area contributed by atoms with Crippen LogP contribution in [0.3, 0.4) is 0 Å². The molecule has 0 bridgehead atoms. The Morgan fingerprint density at radius 3 is 2.39 bits per heavy atom. The van der Waals surface area contributed by atoms with Gasteiger partial charge in [0.05, 0.1) is 5.92 Å². The molecule has 1 fully saturated rings. The van der Waals surface area contributed by atoms with Crippen molar-refractivity contribution in [3.63, 3.8) is 0 Å². The number of carbonyl (C=O) groups excluding carboxylic acids is 1. The number of amides is 1. The van der Waals surface area contributed by atoms with Crippen LogP contribution in [0.1, 0.15) is 34.6 Å². The Labute approximate surface area is 112 Å². The van der Waals surface area contributed by atoms with Gasteiger partial charge in [-0.2, -0.15) is 0 Å². The van der Waals surface area contributed by atoms with Gasteiger partial charge in [0.1, 0.15) is 0 Å². The molecule has 0 heterocycles. The summed E-state index contributed by atoms with van der Waals surface area (Å²) in [6.07, 6.45) is 2.24. The van der Waals surface area contributed by atoms with Crippen molar-refractivity contribution in [2.75, 3.05) is 20.6 Å². The molecule has 0 saturated heterocycles. The summed E-state index contributed by atoms with van der Waals surface area (Å²) in [4.78, 5) is 14.3. The Bertz CT molecular complexity index is 340. The normalized spacial score (nSPS) is 26.7. The van der Waals surface area contributed by atoms with E-state index in [1.165, 1.54) is 5.57 Å². The van der Waals surface area contributed by atoms with Crippen LogP contribution in [-0.2, 0) is 4.79 Å². The van der Waals surface area contributed by atoms with Crippen molar-refractivity contribution in [1.82, 2.24) is 10.2 Å². The second kappa shape index (κ2) is 5.43. The van der Waals surface area contributed by atoms with Gasteiger partial charge in [-0.25, -0.2) is 0 Å². The van der Waals surface area contributed by atoms with Gasteiger partial charge in [-0.3, -0.25) is 4.79 Å². The highest BCUT2D eigenvalue weighted by molar-refractivity contribution is 5.83. The Balaban J connectivity index is 2.52. The van der Waals surface area contributed by atoms with Crippen LogP contribution in [0.25, 0.3) is 0 Å². The van der Waals surface area contributed by atoms with Gasteiger partial charge in [0.15, 0.2) is 0 Å². The lowest BCUT2D eigenvalue weighted by Crippen LogP contribution is -2.39. The zero-order valence-electron chi connectivity index (χ0n) is 12.9. The van der Waals surface area contributed by atoms with Gasteiger partial charge in [0.25, 0.3) is 0 Å². The van der Waals surface area contributed by atoms with Crippen molar-refractivity contribution >= 4 is 5.91 Å². The average Bonchev–Trinajstić information content (AvgIpc) is 2.75. The van der Waals surface area contributed by atoms with Crippen LogP contribution in [0.15, 0.2) is 11.6 Å². The fraction of sp³-hybridized carbons (Fsp3) is 0.800. The number of likely N-dealkylation sites (N-methyl/N-ethyl adjacent to an activating group) is 1. The number of nitrogens with one attached hydrogen (secondary N) is 1. The molecule has 0 aliphatic heterocycles. The fourth-order valence-electron chi connectivity index (χ4n) is 2.39. The molecule has 0 aromatic heterocycles. The maximum Gasteiger partial charge on any atom is 0.224 e. The van der Waals surface area contributed by atoms with Crippen molar-refractivity contribution in [2.24, 2.45) is 17.3 Å². The van der Waals surface area contributed by atoms with E-state index < -0.39 is 0 Å². The molecule has 18 heavy (non-hydrogen) atoms. The van der Waals surface area contributed by atoms with E-state index in [1.54, 1.807) is 0 Å². The van der Waals surface area contributed by atoms with Gasteiger partial charge < -0.3 is 10.2 Å². The Morgan fingerprint density at radius 1 is 1.39 bits per heavy atom. The van der Waals surface area contributed by atoms with E-state index in [4.69, 9.17) is 0 Å². The van der Waals surface area contributed by atoms with Gasteiger partial charge in [0, 0.05) is 12.6 Å². The smallest absolute Gasteiger partial charge is 0.224 e. The highest BCUT2D eigenvalue weighted by atomic mass is 16.2. The number of hydrogen-bond donors (Lipinski definition) is 1. The summed E-state index contributed by atoms with van der Waals surface area (Å²) in [5.41, 5.74) is 1.41. The van der Waals surface area contributed by atoms with E-state index in [0.29, 0.717) is 12.0 Å². The lowest BCUT2D eigenvalue weighted by molar-refractivity contribution is -0.123. The molecule has 1 N–H and O–H groups in total. The first-order valence-corrected chi connectivity index (χ1v) is 6.77. The van der Waals surface area contributed by atoms with Crippen LogP contribution in [0.4, 0.5) is 0 Å². The predicted molar refractivity (Wildman–Crippen MR) is 76.4 cm³/mol. The summed E-state index contributed by atoms with van der Waals surface area (Å²) >= 11 is 0. The maximum absolute atomic E-state index is 12.2.